The van der Waals surface area contributed by atoms with Crippen molar-refractivity contribution >= 4 is 22.4 Å². The summed E-state index contributed by atoms with van der Waals surface area (Å²) in [6.45, 7) is 1.65. The molecule has 2 aromatic heterocycles. The first-order chi connectivity index (χ1) is 14.6. The molecule has 0 atom stereocenters. The zero-order chi connectivity index (χ0) is 20.9. The molecule has 2 heterocycles. The Hall–Kier alpha value is -3.72. The van der Waals surface area contributed by atoms with Crippen molar-refractivity contribution in [2.45, 2.75) is 6.92 Å². The molecule has 0 saturated carbocycles. The van der Waals surface area contributed by atoms with E-state index in [1.54, 1.807) is 25.3 Å². The van der Waals surface area contributed by atoms with Crippen molar-refractivity contribution in [3.63, 3.8) is 0 Å². The lowest BCUT2D eigenvalue weighted by Gasteiger charge is -2.09. The van der Waals surface area contributed by atoms with Gasteiger partial charge in [-0.15, -0.1) is 0 Å². The first-order valence-corrected chi connectivity index (χ1v) is 9.88. The number of amides is 1. The van der Waals surface area contributed by atoms with Gasteiger partial charge in [0.15, 0.2) is 23.2 Å². The number of methoxy groups -OCH3 is 1. The fourth-order valence-electron chi connectivity index (χ4n) is 2.71. The van der Waals surface area contributed by atoms with Crippen LogP contribution in [-0.2, 0) is 4.79 Å². The molecule has 0 saturated heterocycles. The molecule has 4 aromatic rings. The van der Waals surface area contributed by atoms with Crippen LogP contribution in [0.5, 0.6) is 11.5 Å². The van der Waals surface area contributed by atoms with Gasteiger partial charge >= 0.3 is 0 Å². The lowest BCUT2D eigenvalue weighted by atomic mass is 10.2. The van der Waals surface area contributed by atoms with Gasteiger partial charge in [0.05, 0.1) is 12.8 Å². The molecule has 0 unspecified atom stereocenters. The van der Waals surface area contributed by atoms with E-state index in [-0.39, 0.29) is 12.5 Å². The van der Waals surface area contributed by atoms with Crippen LogP contribution in [-0.4, -0.2) is 34.7 Å². The predicted molar refractivity (Wildman–Crippen MR) is 113 cm³/mol. The van der Waals surface area contributed by atoms with Gasteiger partial charge < -0.3 is 14.0 Å². The molecule has 0 aliphatic heterocycles. The number of rotatable bonds is 7. The van der Waals surface area contributed by atoms with E-state index in [2.05, 4.69) is 20.4 Å². The van der Waals surface area contributed by atoms with E-state index >= 15 is 0 Å². The molecule has 0 aliphatic carbocycles. The van der Waals surface area contributed by atoms with Crippen molar-refractivity contribution in [3.05, 3.63) is 60.3 Å². The fourth-order valence-corrected chi connectivity index (χ4v) is 3.61. The Bertz CT molecular complexity index is 1160. The summed E-state index contributed by atoms with van der Waals surface area (Å²) < 4.78 is 16.1. The SMILES string of the molecule is COc1ccccc1OCC(=O)Nc1nc(C)c(-c2nc(-c3ccccc3)no2)s1. The Kier molecular flexibility index (Phi) is 5.71. The third-order valence-electron chi connectivity index (χ3n) is 4.12. The molecule has 0 fully saturated rings. The van der Waals surface area contributed by atoms with Crippen LogP contribution in [0, 0.1) is 6.92 Å². The van der Waals surface area contributed by atoms with E-state index in [1.807, 2.05) is 43.3 Å². The van der Waals surface area contributed by atoms with Gasteiger partial charge in [-0.1, -0.05) is 59.0 Å². The number of ether oxygens (including phenoxy) is 2. The molecule has 9 heteroatoms. The second-order valence-corrected chi connectivity index (χ2v) is 7.21. The van der Waals surface area contributed by atoms with E-state index < -0.39 is 0 Å². The number of nitrogens with one attached hydrogen (secondary N) is 1. The molecule has 1 N–H and O–H groups in total. The number of nitrogens with zero attached hydrogens (tertiary/aromatic N) is 3. The summed E-state index contributed by atoms with van der Waals surface area (Å²) in [6, 6.07) is 16.7. The van der Waals surface area contributed by atoms with Crippen molar-refractivity contribution in [3.8, 4) is 33.7 Å². The highest BCUT2D eigenvalue weighted by Crippen LogP contribution is 2.33. The van der Waals surface area contributed by atoms with E-state index in [1.165, 1.54) is 11.3 Å². The van der Waals surface area contributed by atoms with Gasteiger partial charge in [-0.25, -0.2) is 4.98 Å². The van der Waals surface area contributed by atoms with Crippen molar-refractivity contribution in [2.24, 2.45) is 0 Å². The normalized spacial score (nSPS) is 10.6. The molecule has 4 rings (SSSR count). The molecule has 30 heavy (non-hydrogen) atoms. The Morgan fingerprint density at radius 2 is 1.80 bits per heavy atom. The number of anilines is 1. The average molecular weight is 422 g/mol. The maximum Gasteiger partial charge on any atom is 0.270 e. The van der Waals surface area contributed by atoms with Crippen molar-refractivity contribution in [2.75, 3.05) is 19.0 Å². The molecule has 0 radical (unpaired) electrons. The highest BCUT2D eigenvalue weighted by atomic mass is 32.1. The molecule has 0 aliphatic rings. The van der Waals surface area contributed by atoms with E-state index in [9.17, 15) is 4.79 Å². The quantitative estimate of drug-likeness (QED) is 0.477. The number of hydrogen-bond donors (Lipinski definition) is 1. The van der Waals surface area contributed by atoms with E-state index in [0.29, 0.717) is 38.9 Å². The Balaban J connectivity index is 1.43. The molecule has 0 bridgehead atoms. The molecule has 152 valence electrons. The van der Waals surface area contributed by atoms with E-state index in [4.69, 9.17) is 14.0 Å². The first-order valence-electron chi connectivity index (χ1n) is 9.06. The average Bonchev–Trinajstić information content (AvgIpc) is 3.39. The largest absolute Gasteiger partial charge is 0.493 e. The number of hydrogen-bond acceptors (Lipinski definition) is 8. The van der Waals surface area contributed by atoms with Crippen molar-refractivity contribution < 1.29 is 18.8 Å². The number of benzene rings is 2. The fraction of sp³-hybridized carbons (Fsp3) is 0.143. The Labute approximate surface area is 176 Å². The van der Waals surface area contributed by atoms with Gasteiger partial charge in [-0.2, -0.15) is 4.98 Å². The van der Waals surface area contributed by atoms with Gasteiger partial charge in [0, 0.05) is 5.56 Å². The zero-order valence-electron chi connectivity index (χ0n) is 16.3. The van der Waals surface area contributed by atoms with Gasteiger partial charge in [-0.3, -0.25) is 10.1 Å². The third-order valence-corrected chi connectivity index (χ3v) is 5.18. The minimum Gasteiger partial charge on any atom is -0.493 e. The molecule has 1 amide bonds. The number of aromatic nitrogens is 3. The molecule has 0 spiro atoms. The number of thiazole rings is 1. The molecule has 8 nitrogen and oxygen atoms in total. The van der Waals surface area contributed by atoms with Gasteiger partial charge in [0.25, 0.3) is 11.8 Å². The minimum absolute atomic E-state index is 0.174. The highest BCUT2D eigenvalue weighted by molar-refractivity contribution is 7.19. The summed E-state index contributed by atoms with van der Waals surface area (Å²) in [6.07, 6.45) is 0. The van der Waals surface area contributed by atoms with Gasteiger partial charge in [0.2, 0.25) is 5.82 Å². The second-order valence-electron chi connectivity index (χ2n) is 6.21. The van der Waals surface area contributed by atoms with Crippen LogP contribution in [0.4, 0.5) is 5.13 Å². The number of para-hydroxylation sites is 2. The first kappa shape index (κ1) is 19.6. The van der Waals surface area contributed by atoms with Crippen LogP contribution in [0.2, 0.25) is 0 Å². The summed E-state index contributed by atoms with van der Waals surface area (Å²) in [7, 11) is 1.54. The maximum atomic E-state index is 12.3. The topological polar surface area (TPSA) is 99.4 Å². The minimum atomic E-state index is -0.336. The van der Waals surface area contributed by atoms with Crippen LogP contribution in [0.25, 0.3) is 22.2 Å². The summed E-state index contributed by atoms with van der Waals surface area (Å²) in [5.41, 5.74) is 1.54. The highest BCUT2D eigenvalue weighted by Gasteiger charge is 2.18. The van der Waals surface area contributed by atoms with Crippen LogP contribution in [0.1, 0.15) is 5.69 Å². The summed E-state index contributed by atoms with van der Waals surface area (Å²) in [4.78, 5) is 21.8. The number of aryl methyl sites for hydroxylation is 1. The van der Waals surface area contributed by atoms with Crippen molar-refractivity contribution in [1.29, 1.82) is 0 Å². The maximum absolute atomic E-state index is 12.3. The van der Waals surface area contributed by atoms with Crippen LogP contribution < -0.4 is 14.8 Å². The predicted octanol–water partition coefficient (Wildman–Crippen LogP) is 4.19. The number of carbonyl (C=O) groups excluding carboxylic acids is 1. The van der Waals surface area contributed by atoms with Crippen LogP contribution in [0.15, 0.2) is 59.1 Å². The lowest BCUT2D eigenvalue weighted by molar-refractivity contribution is -0.118. The van der Waals surface area contributed by atoms with Gasteiger partial charge in [0.1, 0.15) is 4.88 Å². The summed E-state index contributed by atoms with van der Waals surface area (Å²) >= 11 is 1.26. The standard InChI is InChI=1S/C21H18N4O4S/c1-13-18(20-24-19(25-29-20)14-8-4-3-5-9-14)30-21(22-13)23-17(26)12-28-16-11-7-6-10-15(16)27-2/h3-11H,12H2,1-2H3,(H,22,23,26). The number of carbonyl (C=O) groups is 1. The molecule has 2 aromatic carbocycles. The second kappa shape index (κ2) is 8.75. The van der Waals surface area contributed by atoms with Crippen LogP contribution >= 0.6 is 11.3 Å². The van der Waals surface area contributed by atoms with Crippen LogP contribution in [0.3, 0.4) is 0 Å². The Morgan fingerprint density at radius 3 is 2.57 bits per heavy atom. The summed E-state index contributed by atoms with van der Waals surface area (Å²) in [5.74, 6) is 1.56. The monoisotopic (exact) mass is 422 g/mol. The zero-order valence-corrected chi connectivity index (χ0v) is 17.1. The van der Waals surface area contributed by atoms with Gasteiger partial charge in [-0.05, 0) is 19.1 Å². The third kappa shape index (κ3) is 4.31. The smallest absolute Gasteiger partial charge is 0.270 e. The lowest BCUT2D eigenvalue weighted by Crippen LogP contribution is -2.20. The molecular weight excluding hydrogens is 404 g/mol. The van der Waals surface area contributed by atoms with E-state index in [0.717, 1.165) is 5.56 Å². The summed E-state index contributed by atoms with van der Waals surface area (Å²) in [5, 5.41) is 7.19. The molecular formula is C21H18N4O4S. The van der Waals surface area contributed by atoms with Crippen molar-refractivity contribution in [1.82, 2.24) is 15.1 Å². The Morgan fingerprint density at radius 1 is 1.07 bits per heavy atom.